The van der Waals surface area contributed by atoms with Gasteiger partial charge < -0.3 is 4.74 Å². The lowest BCUT2D eigenvalue weighted by atomic mass is 9.75. The van der Waals surface area contributed by atoms with Gasteiger partial charge in [-0.15, -0.1) is 0 Å². The first-order chi connectivity index (χ1) is 18.0. The summed E-state index contributed by atoms with van der Waals surface area (Å²) in [7, 11) is 0. The Hall–Kier alpha value is -3.61. The molecule has 0 N–H and O–H groups in total. The second kappa shape index (κ2) is 9.69. The Labute approximate surface area is 215 Å². The number of aromatic nitrogens is 4. The van der Waals surface area contributed by atoms with E-state index in [1.54, 1.807) is 29.1 Å². The topological polar surface area (TPSA) is 69.9 Å². The smallest absolute Gasteiger partial charge is 0.256 e. The first kappa shape index (κ1) is 23.8. The van der Waals surface area contributed by atoms with Crippen LogP contribution in [0.2, 0.25) is 0 Å². The summed E-state index contributed by atoms with van der Waals surface area (Å²) in [4.78, 5) is 27.8. The SMILES string of the molecule is Cc1cnc2cc([C@H]3CC[C@H](c4c(C)cccc4F)CC3)c(=O)n(Cc3ncccc3OC3CC3)c2n1. The first-order valence-corrected chi connectivity index (χ1v) is 13.2. The molecule has 3 heterocycles. The van der Waals surface area contributed by atoms with Crippen molar-refractivity contribution in [2.45, 2.75) is 76.9 Å². The van der Waals surface area contributed by atoms with Crippen molar-refractivity contribution in [3.05, 3.63) is 93.0 Å². The minimum Gasteiger partial charge on any atom is -0.488 e. The third kappa shape index (κ3) is 4.75. The summed E-state index contributed by atoms with van der Waals surface area (Å²) in [6.45, 7) is 4.13. The molecule has 4 aromatic rings. The highest BCUT2D eigenvalue weighted by Gasteiger charge is 2.29. The lowest BCUT2D eigenvalue weighted by Crippen LogP contribution is -2.29. The third-order valence-electron chi connectivity index (χ3n) is 7.76. The average Bonchev–Trinajstić information content (AvgIpc) is 3.71. The molecule has 6 nitrogen and oxygen atoms in total. The van der Waals surface area contributed by atoms with Gasteiger partial charge in [0.2, 0.25) is 0 Å². The van der Waals surface area contributed by atoms with Crippen LogP contribution in [0.4, 0.5) is 4.39 Å². The maximum absolute atomic E-state index is 14.6. The summed E-state index contributed by atoms with van der Waals surface area (Å²) in [5, 5.41) is 0. The highest BCUT2D eigenvalue weighted by molar-refractivity contribution is 5.71. The highest BCUT2D eigenvalue weighted by Crippen LogP contribution is 2.41. The summed E-state index contributed by atoms with van der Waals surface area (Å²) in [5.74, 6) is 0.872. The highest BCUT2D eigenvalue weighted by atomic mass is 19.1. The molecule has 0 aliphatic heterocycles. The normalized spacial score (nSPS) is 19.8. The van der Waals surface area contributed by atoms with Gasteiger partial charge in [0.1, 0.15) is 22.8 Å². The molecule has 0 spiro atoms. The van der Waals surface area contributed by atoms with Gasteiger partial charge in [-0.05, 0) is 99.6 Å². The number of hydrogen-bond donors (Lipinski definition) is 0. The van der Waals surface area contributed by atoms with E-state index in [2.05, 4.69) is 15.0 Å². The van der Waals surface area contributed by atoms with E-state index >= 15 is 0 Å². The maximum atomic E-state index is 14.6. The summed E-state index contributed by atoms with van der Waals surface area (Å²) in [6, 6.07) is 11.0. The van der Waals surface area contributed by atoms with Gasteiger partial charge >= 0.3 is 0 Å². The fourth-order valence-corrected chi connectivity index (χ4v) is 5.69. The number of nitrogens with zero attached hydrogens (tertiary/aromatic N) is 4. The molecule has 0 saturated heterocycles. The number of benzene rings is 1. The fraction of sp³-hybridized carbons (Fsp3) is 0.400. The molecule has 6 rings (SSSR count). The van der Waals surface area contributed by atoms with Crippen LogP contribution < -0.4 is 10.3 Å². The zero-order chi connectivity index (χ0) is 25.5. The molecule has 190 valence electrons. The zero-order valence-electron chi connectivity index (χ0n) is 21.3. The minimum atomic E-state index is -0.123. The molecule has 0 unspecified atom stereocenters. The Balaban J connectivity index is 1.34. The Morgan fingerprint density at radius 2 is 1.78 bits per heavy atom. The van der Waals surface area contributed by atoms with Gasteiger partial charge in [0.15, 0.2) is 5.65 Å². The summed E-state index contributed by atoms with van der Waals surface area (Å²) in [6.07, 6.45) is 9.16. The maximum Gasteiger partial charge on any atom is 0.256 e. The number of pyridine rings is 2. The molecule has 0 bridgehead atoms. The van der Waals surface area contributed by atoms with Crippen molar-refractivity contribution in [1.29, 1.82) is 0 Å². The lowest BCUT2D eigenvalue weighted by molar-refractivity contribution is 0.297. The van der Waals surface area contributed by atoms with Crippen LogP contribution in [0, 0.1) is 19.7 Å². The van der Waals surface area contributed by atoms with Gasteiger partial charge in [-0.3, -0.25) is 19.3 Å². The quantitative estimate of drug-likeness (QED) is 0.327. The van der Waals surface area contributed by atoms with Gasteiger partial charge in [0, 0.05) is 18.0 Å². The Bertz CT molecular complexity index is 1500. The second-order valence-corrected chi connectivity index (χ2v) is 10.5. The molecule has 0 atom stereocenters. The fourth-order valence-electron chi connectivity index (χ4n) is 5.69. The summed E-state index contributed by atoms with van der Waals surface area (Å²) in [5.41, 5.74) is 5.27. The average molecular weight is 499 g/mol. The van der Waals surface area contributed by atoms with E-state index < -0.39 is 0 Å². The van der Waals surface area contributed by atoms with E-state index in [1.807, 2.05) is 38.1 Å². The van der Waals surface area contributed by atoms with Crippen LogP contribution >= 0.6 is 0 Å². The molecule has 2 aliphatic rings. The van der Waals surface area contributed by atoms with Gasteiger partial charge in [-0.2, -0.15) is 0 Å². The van der Waals surface area contributed by atoms with Crippen LogP contribution in [-0.2, 0) is 6.54 Å². The van der Waals surface area contributed by atoms with E-state index in [1.165, 1.54) is 0 Å². The lowest BCUT2D eigenvalue weighted by Gasteiger charge is -2.30. The number of ether oxygens (including phenoxy) is 1. The van der Waals surface area contributed by atoms with Crippen molar-refractivity contribution in [2.24, 2.45) is 0 Å². The van der Waals surface area contributed by atoms with Crippen LogP contribution in [0.3, 0.4) is 0 Å². The first-order valence-electron chi connectivity index (χ1n) is 13.2. The third-order valence-corrected chi connectivity index (χ3v) is 7.76. The molecule has 0 radical (unpaired) electrons. The van der Waals surface area contributed by atoms with E-state index in [4.69, 9.17) is 4.74 Å². The van der Waals surface area contributed by atoms with Crippen molar-refractivity contribution in [2.75, 3.05) is 0 Å². The van der Waals surface area contributed by atoms with Crippen LogP contribution in [0.25, 0.3) is 11.2 Å². The largest absolute Gasteiger partial charge is 0.488 e. The van der Waals surface area contributed by atoms with Gasteiger partial charge in [0.25, 0.3) is 5.56 Å². The Kier molecular flexibility index (Phi) is 6.22. The van der Waals surface area contributed by atoms with Crippen LogP contribution in [0.15, 0.2) is 53.6 Å². The molecule has 3 aromatic heterocycles. The minimum absolute atomic E-state index is 0.0547. The van der Waals surface area contributed by atoms with Crippen molar-refractivity contribution in [3.8, 4) is 5.75 Å². The summed E-state index contributed by atoms with van der Waals surface area (Å²) >= 11 is 0. The Morgan fingerprint density at radius 3 is 2.54 bits per heavy atom. The van der Waals surface area contributed by atoms with Crippen LogP contribution in [0.5, 0.6) is 5.75 Å². The zero-order valence-corrected chi connectivity index (χ0v) is 21.3. The van der Waals surface area contributed by atoms with Crippen molar-refractivity contribution >= 4 is 11.2 Å². The molecular weight excluding hydrogens is 467 g/mol. The van der Waals surface area contributed by atoms with Gasteiger partial charge in [-0.1, -0.05) is 12.1 Å². The monoisotopic (exact) mass is 498 g/mol. The standard InChI is InChI=1S/C30H31FN4O2/c1-18-5-3-6-24(31)28(18)21-10-8-20(9-11-21)23-15-25-29(34-19(2)16-33-25)35(30(23)36)17-26-27(7-4-14-32-26)37-22-12-13-22/h3-7,14-16,20-22H,8-13,17H2,1-2H3/t20-,21-. The predicted octanol–water partition coefficient (Wildman–Crippen LogP) is 5.97. The van der Waals surface area contributed by atoms with E-state index in [0.717, 1.165) is 72.4 Å². The number of rotatable bonds is 6. The second-order valence-electron chi connectivity index (χ2n) is 10.5. The number of fused-ring (bicyclic) bond motifs is 1. The van der Waals surface area contributed by atoms with Crippen LogP contribution in [-0.4, -0.2) is 25.6 Å². The molecule has 1 aromatic carbocycles. The molecule has 0 amide bonds. The Morgan fingerprint density at radius 1 is 1.00 bits per heavy atom. The van der Waals surface area contributed by atoms with E-state index in [0.29, 0.717) is 11.2 Å². The predicted molar refractivity (Wildman–Crippen MR) is 141 cm³/mol. The number of aryl methyl sites for hydroxylation is 2. The van der Waals surface area contributed by atoms with Crippen LogP contribution in [0.1, 0.15) is 78.4 Å². The molecule has 2 saturated carbocycles. The molecule has 2 aliphatic carbocycles. The summed E-state index contributed by atoms with van der Waals surface area (Å²) < 4.78 is 22.4. The van der Waals surface area contributed by atoms with Gasteiger partial charge in [-0.25, -0.2) is 9.37 Å². The number of halogens is 1. The van der Waals surface area contributed by atoms with Crippen molar-refractivity contribution < 1.29 is 9.13 Å². The van der Waals surface area contributed by atoms with Gasteiger partial charge in [0.05, 0.1) is 18.3 Å². The molecule has 7 heteroatoms. The van der Waals surface area contributed by atoms with E-state index in [9.17, 15) is 9.18 Å². The van der Waals surface area contributed by atoms with Crippen molar-refractivity contribution in [1.82, 2.24) is 19.5 Å². The molecule has 2 fully saturated rings. The molecule has 37 heavy (non-hydrogen) atoms. The van der Waals surface area contributed by atoms with Crippen molar-refractivity contribution in [3.63, 3.8) is 0 Å². The number of hydrogen-bond acceptors (Lipinski definition) is 5. The molecular formula is C30H31FN4O2. The van der Waals surface area contributed by atoms with E-state index in [-0.39, 0.29) is 35.9 Å².